The van der Waals surface area contributed by atoms with Gasteiger partial charge in [0.25, 0.3) is 0 Å². The molecule has 2 atom stereocenters. The maximum atomic E-state index is 13.6. The Kier molecular flexibility index (Phi) is 8.08. The van der Waals surface area contributed by atoms with Crippen molar-refractivity contribution < 1.29 is 50.2 Å². The first-order valence-electron chi connectivity index (χ1n) is 14.9. The third kappa shape index (κ3) is 5.22. The quantitative estimate of drug-likeness (QED) is 0.145. The molecule has 4 aromatic carbocycles. The number of hydrogen-bond donors (Lipinski definition) is 0. The Balaban J connectivity index is 1.72. The number of hydrogen-bond acceptors (Lipinski definition) is 2. The summed E-state index contributed by atoms with van der Waals surface area (Å²) in [5.41, 5.74) is 2.62. The summed E-state index contributed by atoms with van der Waals surface area (Å²) in [6.07, 6.45) is -4.87. The molecule has 10 heteroatoms. The summed E-state index contributed by atoms with van der Waals surface area (Å²) in [4.78, 5) is 0. The predicted molar refractivity (Wildman–Crippen MR) is 167 cm³/mol. The van der Waals surface area contributed by atoms with Crippen LogP contribution in [0.2, 0.25) is 13.1 Å². The van der Waals surface area contributed by atoms with E-state index in [4.69, 9.17) is 5.63 Å². The standard InChI is InChI=1S/2C10H9.2C7H5F3O.C2H6Si.Zr/c2*1-8-6-9-4-2-3-5-10(9)7-8;2*8-7(9,10)5-1-3-6(11)4-2-5;1-3-2;/h2*2-7H,1H3;2*1-4,11H;1-2H3;/q;;;;;+2/p-2. The molecule has 46 heavy (non-hydrogen) atoms. The van der Waals surface area contributed by atoms with Gasteiger partial charge >= 0.3 is 267 Å². The van der Waals surface area contributed by atoms with Crippen molar-refractivity contribution in [3.05, 3.63) is 142 Å². The summed E-state index contributed by atoms with van der Waals surface area (Å²) in [6.45, 7) is 8.28. The zero-order valence-corrected chi connectivity index (χ0v) is 29.1. The Morgan fingerprint density at radius 1 is 0.543 bits per heavy atom. The fourth-order valence-electron chi connectivity index (χ4n) is 7.52. The van der Waals surface area contributed by atoms with E-state index in [-0.39, 0.29) is 18.8 Å². The van der Waals surface area contributed by atoms with Crippen LogP contribution >= 0.6 is 0 Å². The van der Waals surface area contributed by atoms with E-state index in [1.54, 1.807) is 0 Å². The Hall–Kier alpha value is -3.36. The van der Waals surface area contributed by atoms with Gasteiger partial charge in [0, 0.05) is 0 Å². The van der Waals surface area contributed by atoms with Crippen molar-refractivity contribution in [3.8, 4) is 11.5 Å². The van der Waals surface area contributed by atoms with Crippen LogP contribution < -0.4 is 5.63 Å². The molecule has 2 aliphatic rings. The summed E-state index contributed by atoms with van der Waals surface area (Å²) in [7, 11) is 0. The Morgan fingerprint density at radius 2 is 0.891 bits per heavy atom. The van der Waals surface area contributed by atoms with Gasteiger partial charge in [0.15, 0.2) is 0 Å². The molecular weight excluding hydrogens is 698 g/mol. The van der Waals surface area contributed by atoms with Crippen LogP contribution in [0.4, 0.5) is 26.3 Å². The van der Waals surface area contributed by atoms with Gasteiger partial charge < -0.3 is 0 Å². The third-order valence-corrected chi connectivity index (χ3v) is 42.9. The van der Waals surface area contributed by atoms with Gasteiger partial charge in [-0.05, 0) is 0 Å². The zero-order valence-electron chi connectivity index (χ0n) is 25.6. The van der Waals surface area contributed by atoms with E-state index in [9.17, 15) is 26.3 Å². The summed E-state index contributed by atoms with van der Waals surface area (Å²) in [6, 6.07) is 25.3. The molecule has 0 aliphatic heterocycles. The molecule has 0 saturated carbocycles. The number of rotatable bonds is 6. The van der Waals surface area contributed by atoms with E-state index in [2.05, 4.69) is 25.2 Å². The van der Waals surface area contributed by atoms with Crippen molar-refractivity contribution in [2.45, 2.75) is 46.5 Å². The minimum atomic E-state index is -5.85. The first-order valence-corrected chi connectivity index (χ1v) is 25.9. The molecule has 0 amide bonds. The third-order valence-electron chi connectivity index (χ3n) is 9.39. The van der Waals surface area contributed by atoms with Crippen molar-refractivity contribution >= 4 is 17.6 Å². The van der Waals surface area contributed by atoms with Crippen molar-refractivity contribution in [3.63, 3.8) is 0 Å². The molecule has 0 bridgehead atoms. The van der Waals surface area contributed by atoms with Crippen LogP contribution in [0.3, 0.4) is 0 Å². The van der Waals surface area contributed by atoms with Crippen LogP contribution in [0.25, 0.3) is 12.2 Å². The molecule has 0 saturated heterocycles. The molecule has 0 spiro atoms. The van der Waals surface area contributed by atoms with E-state index < -0.39 is 47.2 Å². The summed E-state index contributed by atoms with van der Waals surface area (Å²) in [5, 5.41) is 0. The molecule has 4 aromatic rings. The fourth-order valence-corrected chi connectivity index (χ4v) is 40.5. The van der Waals surface area contributed by atoms with Crippen LogP contribution in [-0.4, -0.2) is 5.43 Å². The van der Waals surface area contributed by atoms with E-state index in [0.717, 1.165) is 57.7 Å². The van der Waals surface area contributed by atoms with E-state index >= 15 is 0 Å². The molecule has 0 N–H and O–H groups in total. The molecule has 0 radical (unpaired) electrons. The van der Waals surface area contributed by atoms with E-state index in [1.165, 1.54) is 24.3 Å². The molecule has 2 unspecified atom stereocenters. The summed E-state index contributed by atoms with van der Waals surface area (Å²) in [5.74, 6) is 0.484. The van der Waals surface area contributed by atoms with E-state index in [1.807, 2.05) is 62.4 Å². The maximum absolute atomic E-state index is 13.6. The Morgan fingerprint density at radius 3 is 1.22 bits per heavy atom. The number of benzene rings is 4. The first-order chi connectivity index (χ1) is 21.6. The molecule has 0 aromatic heterocycles. The molecule has 2 aliphatic carbocycles. The first kappa shape index (κ1) is 32.6. The molecule has 6 rings (SSSR count). The molecule has 238 valence electrons. The molecule has 0 heterocycles. The molecule has 0 fully saturated rings. The van der Waals surface area contributed by atoms with Gasteiger partial charge in [0.2, 0.25) is 0 Å². The number of alkyl halides is 6. The van der Waals surface area contributed by atoms with Gasteiger partial charge in [0.05, 0.1) is 0 Å². The van der Waals surface area contributed by atoms with Crippen molar-refractivity contribution in [1.82, 2.24) is 0 Å². The Bertz CT molecular complexity index is 1810. The fraction of sp³-hybridized carbons (Fsp3) is 0.222. The van der Waals surface area contributed by atoms with Crippen molar-refractivity contribution in [2.24, 2.45) is 0 Å². The number of halogens is 6. The second-order valence-corrected chi connectivity index (χ2v) is 37.4. The minimum absolute atomic E-state index is 0.242. The van der Waals surface area contributed by atoms with Gasteiger partial charge in [-0.3, -0.25) is 0 Å². The molecular formula is C36H32F6O2SiZr. The average molecular weight is 730 g/mol. The van der Waals surface area contributed by atoms with Gasteiger partial charge in [-0.25, -0.2) is 0 Å². The van der Waals surface area contributed by atoms with Gasteiger partial charge in [-0.2, -0.15) is 0 Å². The second-order valence-electron chi connectivity index (χ2n) is 12.4. The molecule has 2 nitrogen and oxygen atoms in total. The van der Waals surface area contributed by atoms with Gasteiger partial charge in [0.1, 0.15) is 0 Å². The normalized spacial score (nSPS) is 18.0. The van der Waals surface area contributed by atoms with Crippen LogP contribution in [0.15, 0.2) is 108 Å². The SMILES string of the molecule is CC1=Cc2ccccc2[CH]1[Zr]([O]c1ccc(C(F)(F)F)cc1)([O]c1ccc(C(F)(F)F)cc1)([CH]1C(C)=Cc2ccccc21)=[Si](C)C. The number of allylic oxidation sites excluding steroid dienone is 2. The van der Waals surface area contributed by atoms with E-state index in [0.29, 0.717) is 0 Å². The van der Waals surface area contributed by atoms with Crippen molar-refractivity contribution in [2.75, 3.05) is 0 Å². The van der Waals surface area contributed by atoms with Crippen LogP contribution in [0.1, 0.15) is 54.5 Å². The second kappa shape index (κ2) is 11.4. The average Bonchev–Trinajstić information content (AvgIpc) is 3.52. The zero-order chi connectivity index (χ0) is 33.1. The van der Waals surface area contributed by atoms with Gasteiger partial charge in [-0.1, -0.05) is 0 Å². The predicted octanol–water partition coefficient (Wildman–Crippen LogP) is 11.3. The summed E-state index contributed by atoms with van der Waals surface area (Å²) >= 11 is -5.85. The number of fused-ring (bicyclic) bond motifs is 2. The summed E-state index contributed by atoms with van der Waals surface area (Å²) < 4.78 is 96.1. The topological polar surface area (TPSA) is 18.5 Å². The van der Waals surface area contributed by atoms with Crippen molar-refractivity contribution in [1.29, 1.82) is 0 Å². The van der Waals surface area contributed by atoms with Crippen LogP contribution in [0, 0.1) is 0 Å². The monoisotopic (exact) mass is 728 g/mol. The van der Waals surface area contributed by atoms with Crippen LogP contribution in [0.5, 0.6) is 11.5 Å². The van der Waals surface area contributed by atoms with Crippen LogP contribution in [-0.2, 0) is 30.6 Å². The van der Waals surface area contributed by atoms with Gasteiger partial charge in [-0.15, -0.1) is 0 Å². The Labute approximate surface area is 266 Å².